The number of nitrogens with one attached hydrogen (secondary N) is 1. The normalized spacial score (nSPS) is 20.6. The molecule has 1 atom stereocenters. The Morgan fingerprint density at radius 2 is 1.94 bits per heavy atom. The van der Waals surface area contributed by atoms with Crippen molar-refractivity contribution in [2.24, 2.45) is 0 Å². The lowest BCUT2D eigenvalue weighted by Gasteiger charge is -2.19. The molecule has 0 aliphatic carbocycles. The molecule has 16 heavy (non-hydrogen) atoms. The van der Waals surface area contributed by atoms with Gasteiger partial charge in [-0.25, -0.2) is 0 Å². The summed E-state index contributed by atoms with van der Waals surface area (Å²) in [5.74, 6) is 0.175. The van der Waals surface area contributed by atoms with E-state index in [1.807, 2.05) is 7.05 Å². The molecule has 1 aliphatic heterocycles. The number of carbonyl (C=O) groups excluding carboxylic acids is 1. The van der Waals surface area contributed by atoms with Gasteiger partial charge >= 0.3 is 0 Å². The summed E-state index contributed by atoms with van der Waals surface area (Å²) in [6, 6.07) is 6.54. The second kappa shape index (κ2) is 4.26. The molecular weight excluding hydrogens is 200 g/mol. The van der Waals surface area contributed by atoms with Gasteiger partial charge in [-0.1, -0.05) is 29.3 Å². The predicted octanol–water partition coefficient (Wildman–Crippen LogP) is 1.23. The molecule has 1 heterocycles. The predicted molar refractivity (Wildman–Crippen MR) is 64.2 cm³/mol. The van der Waals surface area contributed by atoms with Crippen LogP contribution in [0.3, 0.4) is 0 Å². The average molecular weight is 218 g/mol. The highest BCUT2D eigenvalue weighted by Gasteiger charge is 2.26. The Kier molecular flexibility index (Phi) is 2.97. The van der Waals surface area contributed by atoms with Crippen molar-refractivity contribution in [3.05, 3.63) is 34.9 Å². The molecule has 0 saturated carbocycles. The minimum atomic E-state index is 0.147. The SMILES string of the molecule is Cc1cc(C)cc(CC2NCC(=O)N2C)c1. The zero-order valence-corrected chi connectivity index (χ0v) is 10.1. The van der Waals surface area contributed by atoms with Crippen LogP contribution in [0.5, 0.6) is 0 Å². The average Bonchev–Trinajstić information content (AvgIpc) is 2.48. The largest absolute Gasteiger partial charge is 0.329 e. The van der Waals surface area contributed by atoms with Gasteiger partial charge in [0.25, 0.3) is 0 Å². The third-order valence-corrected chi connectivity index (χ3v) is 3.06. The summed E-state index contributed by atoms with van der Waals surface area (Å²) in [7, 11) is 1.86. The van der Waals surface area contributed by atoms with Crippen molar-refractivity contribution < 1.29 is 4.79 Å². The molecule has 1 aromatic rings. The molecule has 86 valence electrons. The Bertz CT molecular complexity index is 394. The highest BCUT2D eigenvalue weighted by molar-refractivity contribution is 5.80. The molecule has 1 unspecified atom stereocenters. The summed E-state index contributed by atoms with van der Waals surface area (Å²) < 4.78 is 0. The second-order valence-electron chi connectivity index (χ2n) is 4.60. The zero-order valence-electron chi connectivity index (χ0n) is 10.1. The fraction of sp³-hybridized carbons (Fsp3) is 0.462. The van der Waals surface area contributed by atoms with E-state index in [9.17, 15) is 4.79 Å². The van der Waals surface area contributed by atoms with E-state index >= 15 is 0 Å². The Labute approximate surface area is 96.5 Å². The maximum Gasteiger partial charge on any atom is 0.237 e. The highest BCUT2D eigenvalue weighted by atomic mass is 16.2. The smallest absolute Gasteiger partial charge is 0.237 e. The van der Waals surface area contributed by atoms with Crippen LogP contribution in [-0.4, -0.2) is 30.6 Å². The van der Waals surface area contributed by atoms with Crippen molar-refractivity contribution in [3.8, 4) is 0 Å². The lowest BCUT2D eigenvalue weighted by molar-refractivity contribution is -0.126. The summed E-state index contributed by atoms with van der Waals surface area (Å²) in [6.07, 6.45) is 1.03. The number of hydrogen-bond donors (Lipinski definition) is 1. The molecule has 2 rings (SSSR count). The number of likely N-dealkylation sites (N-methyl/N-ethyl adjacent to an activating group) is 1. The fourth-order valence-corrected chi connectivity index (χ4v) is 2.26. The zero-order chi connectivity index (χ0) is 11.7. The van der Waals surface area contributed by atoms with Crippen LogP contribution in [0.2, 0.25) is 0 Å². The summed E-state index contributed by atoms with van der Waals surface area (Å²) in [4.78, 5) is 13.2. The molecule has 1 fully saturated rings. The van der Waals surface area contributed by atoms with Crippen molar-refractivity contribution in [3.63, 3.8) is 0 Å². The Morgan fingerprint density at radius 1 is 1.31 bits per heavy atom. The van der Waals surface area contributed by atoms with Crippen molar-refractivity contribution in [2.75, 3.05) is 13.6 Å². The van der Waals surface area contributed by atoms with Gasteiger partial charge in [0.1, 0.15) is 0 Å². The van der Waals surface area contributed by atoms with E-state index in [4.69, 9.17) is 0 Å². The lowest BCUT2D eigenvalue weighted by atomic mass is 10.0. The summed E-state index contributed by atoms with van der Waals surface area (Å²) >= 11 is 0. The molecule has 3 nitrogen and oxygen atoms in total. The maximum absolute atomic E-state index is 11.4. The van der Waals surface area contributed by atoms with Crippen LogP contribution < -0.4 is 5.32 Å². The van der Waals surface area contributed by atoms with Gasteiger partial charge in [-0.15, -0.1) is 0 Å². The number of benzene rings is 1. The maximum atomic E-state index is 11.4. The van der Waals surface area contributed by atoms with Gasteiger partial charge in [0.05, 0.1) is 12.7 Å². The van der Waals surface area contributed by atoms with Gasteiger partial charge in [0, 0.05) is 13.5 Å². The Morgan fingerprint density at radius 3 is 2.44 bits per heavy atom. The van der Waals surface area contributed by atoms with Crippen LogP contribution in [-0.2, 0) is 11.2 Å². The second-order valence-corrected chi connectivity index (χ2v) is 4.60. The molecule has 0 radical (unpaired) electrons. The fourth-order valence-electron chi connectivity index (χ4n) is 2.26. The Hall–Kier alpha value is -1.35. The highest BCUT2D eigenvalue weighted by Crippen LogP contribution is 2.13. The van der Waals surface area contributed by atoms with Gasteiger partial charge in [-0.2, -0.15) is 0 Å². The van der Waals surface area contributed by atoms with Crippen molar-refractivity contribution in [2.45, 2.75) is 26.4 Å². The Balaban J connectivity index is 2.12. The van der Waals surface area contributed by atoms with Crippen LogP contribution in [0.4, 0.5) is 0 Å². The molecule has 3 heteroatoms. The van der Waals surface area contributed by atoms with Crippen molar-refractivity contribution in [1.82, 2.24) is 10.2 Å². The van der Waals surface area contributed by atoms with Crippen LogP contribution in [0, 0.1) is 13.8 Å². The van der Waals surface area contributed by atoms with E-state index in [0.717, 1.165) is 6.42 Å². The summed E-state index contributed by atoms with van der Waals surface area (Å²) in [5.41, 5.74) is 3.85. The molecule has 1 saturated heterocycles. The number of hydrogen-bond acceptors (Lipinski definition) is 2. The van der Waals surface area contributed by atoms with Crippen LogP contribution in [0.15, 0.2) is 18.2 Å². The van der Waals surface area contributed by atoms with Gasteiger partial charge in [0.2, 0.25) is 5.91 Å². The first-order chi connectivity index (χ1) is 7.56. The molecule has 1 aromatic carbocycles. The quantitative estimate of drug-likeness (QED) is 0.810. The topological polar surface area (TPSA) is 32.3 Å². The van der Waals surface area contributed by atoms with E-state index < -0.39 is 0 Å². The minimum Gasteiger partial charge on any atom is -0.329 e. The van der Waals surface area contributed by atoms with Crippen LogP contribution in [0.1, 0.15) is 16.7 Å². The molecule has 1 amide bonds. The van der Waals surface area contributed by atoms with E-state index in [-0.39, 0.29) is 12.1 Å². The molecule has 1 N–H and O–H groups in total. The molecular formula is C13H18N2O. The van der Waals surface area contributed by atoms with Gasteiger partial charge in [-0.3, -0.25) is 10.1 Å². The monoisotopic (exact) mass is 218 g/mol. The standard InChI is InChI=1S/C13H18N2O/c1-9-4-10(2)6-11(5-9)7-12-14-8-13(16)15(12)3/h4-6,12,14H,7-8H2,1-3H3. The van der Waals surface area contributed by atoms with Crippen LogP contribution >= 0.6 is 0 Å². The van der Waals surface area contributed by atoms with Gasteiger partial charge in [-0.05, 0) is 19.4 Å². The summed E-state index contributed by atoms with van der Waals surface area (Å²) in [6.45, 7) is 4.67. The first kappa shape index (κ1) is 11.1. The third kappa shape index (κ3) is 2.25. The molecule has 1 aliphatic rings. The van der Waals surface area contributed by atoms with E-state index in [0.29, 0.717) is 6.54 Å². The number of amides is 1. The van der Waals surface area contributed by atoms with E-state index in [2.05, 4.69) is 37.4 Å². The van der Waals surface area contributed by atoms with E-state index in [1.165, 1.54) is 16.7 Å². The number of nitrogens with zero attached hydrogens (tertiary/aromatic N) is 1. The first-order valence-electron chi connectivity index (χ1n) is 5.62. The lowest BCUT2D eigenvalue weighted by Crippen LogP contribution is -2.36. The van der Waals surface area contributed by atoms with Gasteiger partial charge in [0.15, 0.2) is 0 Å². The minimum absolute atomic E-state index is 0.147. The number of aryl methyl sites for hydroxylation is 2. The number of rotatable bonds is 2. The van der Waals surface area contributed by atoms with Crippen molar-refractivity contribution in [1.29, 1.82) is 0 Å². The number of carbonyl (C=O) groups is 1. The third-order valence-electron chi connectivity index (χ3n) is 3.06. The van der Waals surface area contributed by atoms with Gasteiger partial charge < -0.3 is 4.90 Å². The van der Waals surface area contributed by atoms with Crippen molar-refractivity contribution >= 4 is 5.91 Å². The first-order valence-corrected chi connectivity index (χ1v) is 5.62. The molecule has 0 spiro atoms. The molecule has 0 aromatic heterocycles. The van der Waals surface area contributed by atoms with E-state index in [1.54, 1.807) is 4.90 Å². The summed E-state index contributed by atoms with van der Waals surface area (Å²) in [5, 5.41) is 3.22. The molecule has 0 bridgehead atoms. The van der Waals surface area contributed by atoms with Crippen LogP contribution in [0.25, 0.3) is 0 Å².